The molecule has 3 aromatic rings. The molecule has 0 bridgehead atoms. The number of benzene rings is 1. The van der Waals surface area contributed by atoms with Crippen LogP contribution in [0.1, 0.15) is 35.9 Å². The third-order valence-electron chi connectivity index (χ3n) is 3.46. The molecule has 21 heavy (non-hydrogen) atoms. The third-order valence-corrected chi connectivity index (χ3v) is 4.52. The van der Waals surface area contributed by atoms with Crippen LogP contribution in [-0.4, -0.2) is 11.5 Å². The molecular formula is C17H20N2OS. The van der Waals surface area contributed by atoms with Gasteiger partial charge in [0, 0.05) is 6.42 Å². The Morgan fingerprint density at radius 1 is 1.24 bits per heavy atom. The molecule has 3 rings (SSSR count). The lowest BCUT2D eigenvalue weighted by atomic mass is 10.1. The molecule has 0 aliphatic heterocycles. The Kier molecular flexibility index (Phi) is 4.36. The molecule has 1 unspecified atom stereocenters. The summed E-state index contributed by atoms with van der Waals surface area (Å²) >= 11 is 1.77. The number of hydrogen-bond acceptors (Lipinski definition) is 4. The molecule has 0 saturated heterocycles. The van der Waals surface area contributed by atoms with Crippen LogP contribution in [0.4, 0.5) is 0 Å². The van der Waals surface area contributed by atoms with Crippen LogP contribution in [0.5, 0.6) is 0 Å². The highest BCUT2D eigenvalue weighted by atomic mass is 32.1. The Morgan fingerprint density at radius 3 is 2.81 bits per heavy atom. The Labute approximate surface area is 129 Å². The fourth-order valence-electron chi connectivity index (χ4n) is 2.41. The van der Waals surface area contributed by atoms with Crippen molar-refractivity contribution in [2.24, 2.45) is 0 Å². The second-order valence-electron chi connectivity index (χ2n) is 5.23. The molecule has 3 nitrogen and oxygen atoms in total. The van der Waals surface area contributed by atoms with Gasteiger partial charge in [-0.2, -0.15) is 0 Å². The van der Waals surface area contributed by atoms with Crippen LogP contribution in [0, 0.1) is 6.92 Å². The molecule has 2 aromatic heterocycles. The van der Waals surface area contributed by atoms with Gasteiger partial charge in [0.1, 0.15) is 11.5 Å². The van der Waals surface area contributed by atoms with E-state index in [1.807, 2.05) is 19.1 Å². The van der Waals surface area contributed by atoms with Gasteiger partial charge in [0.15, 0.2) is 0 Å². The fraction of sp³-hybridized carbons (Fsp3) is 0.353. The van der Waals surface area contributed by atoms with E-state index in [9.17, 15) is 0 Å². The first-order valence-corrected chi connectivity index (χ1v) is 8.22. The van der Waals surface area contributed by atoms with Gasteiger partial charge in [-0.05, 0) is 44.2 Å². The van der Waals surface area contributed by atoms with Gasteiger partial charge in [0.05, 0.1) is 21.3 Å². The number of fused-ring (bicyclic) bond motifs is 1. The van der Waals surface area contributed by atoms with Crippen LogP contribution in [0.25, 0.3) is 10.2 Å². The zero-order valence-electron chi connectivity index (χ0n) is 12.4. The fourth-order valence-corrected chi connectivity index (χ4v) is 3.43. The van der Waals surface area contributed by atoms with E-state index in [0.29, 0.717) is 0 Å². The molecular weight excluding hydrogens is 280 g/mol. The molecule has 0 aliphatic rings. The second kappa shape index (κ2) is 6.41. The van der Waals surface area contributed by atoms with Crippen LogP contribution in [0.2, 0.25) is 0 Å². The topological polar surface area (TPSA) is 38.1 Å². The highest BCUT2D eigenvalue weighted by molar-refractivity contribution is 7.18. The average Bonchev–Trinajstić information content (AvgIpc) is 3.08. The molecule has 0 radical (unpaired) electrons. The summed E-state index contributed by atoms with van der Waals surface area (Å²) in [5.74, 6) is 1.96. The Bertz CT molecular complexity index is 683. The Balaban J connectivity index is 1.83. The molecule has 0 spiro atoms. The van der Waals surface area contributed by atoms with Gasteiger partial charge < -0.3 is 9.73 Å². The molecule has 1 N–H and O–H groups in total. The van der Waals surface area contributed by atoms with E-state index in [4.69, 9.17) is 9.40 Å². The number of nitrogens with one attached hydrogen (secondary N) is 1. The number of thiazole rings is 1. The molecule has 2 heterocycles. The van der Waals surface area contributed by atoms with Crippen molar-refractivity contribution in [2.45, 2.75) is 32.7 Å². The van der Waals surface area contributed by atoms with E-state index in [-0.39, 0.29) is 6.04 Å². The summed E-state index contributed by atoms with van der Waals surface area (Å²) in [6.07, 6.45) is 1.97. The first-order chi connectivity index (χ1) is 10.3. The van der Waals surface area contributed by atoms with E-state index >= 15 is 0 Å². The first-order valence-electron chi connectivity index (χ1n) is 7.40. The maximum absolute atomic E-state index is 5.80. The molecule has 0 amide bonds. The summed E-state index contributed by atoms with van der Waals surface area (Å²) in [6, 6.07) is 12.6. The Morgan fingerprint density at radius 2 is 2.10 bits per heavy atom. The highest BCUT2D eigenvalue weighted by Crippen LogP contribution is 2.27. The highest BCUT2D eigenvalue weighted by Gasteiger charge is 2.17. The number of nitrogens with zero attached hydrogens (tertiary/aromatic N) is 1. The van der Waals surface area contributed by atoms with Gasteiger partial charge >= 0.3 is 0 Å². The van der Waals surface area contributed by atoms with Crippen LogP contribution < -0.4 is 5.32 Å². The zero-order chi connectivity index (χ0) is 14.7. The van der Waals surface area contributed by atoms with E-state index in [0.717, 1.165) is 41.4 Å². The number of hydrogen-bond donors (Lipinski definition) is 1. The van der Waals surface area contributed by atoms with Gasteiger partial charge in [-0.25, -0.2) is 4.98 Å². The lowest BCUT2D eigenvalue weighted by Gasteiger charge is -2.14. The predicted molar refractivity (Wildman–Crippen MR) is 87.8 cm³/mol. The quantitative estimate of drug-likeness (QED) is 0.729. The van der Waals surface area contributed by atoms with Crippen molar-refractivity contribution in [3.63, 3.8) is 0 Å². The summed E-state index contributed by atoms with van der Waals surface area (Å²) in [5.41, 5.74) is 1.09. The van der Waals surface area contributed by atoms with Crippen LogP contribution in [0.15, 0.2) is 40.8 Å². The number of aromatic nitrogens is 1. The second-order valence-corrected chi connectivity index (χ2v) is 6.35. The monoisotopic (exact) mass is 300 g/mol. The van der Waals surface area contributed by atoms with Crippen LogP contribution >= 0.6 is 11.3 Å². The average molecular weight is 300 g/mol. The minimum atomic E-state index is 0.194. The number of aryl methyl sites for hydroxylation is 1. The zero-order valence-corrected chi connectivity index (χ0v) is 13.2. The van der Waals surface area contributed by atoms with E-state index < -0.39 is 0 Å². The third kappa shape index (κ3) is 3.34. The van der Waals surface area contributed by atoms with Gasteiger partial charge in [-0.3, -0.25) is 0 Å². The van der Waals surface area contributed by atoms with Crippen molar-refractivity contribution in [3.05, 3.63) is 52.9 Å². The maximum atomic E-state index is 5.80. The summed E-state index contributed by atoms with van der Waals surface area (Å²) in [7, 11) is 0. The lowest BCUT2D eigenvalue weighted by molar-refractivity contribution is 0.398. The van der Waals surface area contributed by atoms with Crippen molar-refractivity contribution < 1.29 is 4.42 Å². The predicted octanol–water partition coefficient (Wildman–Crippen LogP) is 4.48. The molecule has 0 aliphatic carbocycles. The summed E-state index contributed by atoms with van der Waals surface area (Å²) in [6.45, 7) is 5.14. The SMILES string of the molecule is CCCNC(Cc1nc2ccccc2s1)c1ccc(C)o1. The van der Waals surface area contributed by atoms with Gasteiger partial charge in [0.25, 0.3) is 0 Å². The number of para-hydroxylation sites is 1. The molecule has 4 heteroatoms. The van der Waals surface area contributed by atoms with Gasteiger partial charge in [-0.1, -0.05) is 19.1 Å². The van der Waals surface area contributed by atoms with Crippen molar-refractivity contribution in [1.82, 2.24) is 10.3 Å². The van der Waals surface area contributed by atoms with Crippen LogP contribution in [-0.2, 0) is 6.42 Å². The summed E-state index contributed by atoms with van der Waals surface area (Å²) in [4.78, 5) is 4.73. The number of furan rings is 1. The van der Waals surface area contributed by atoms with Crippen molar-refractivity contribution >= 4 is 21.6 Å². The van der Waals surface area contributed by atoms with Crippen molar-refractivity contribution in [2.75, 3.05) is 6.54 Å². The van der Waals surface area contributed by atoms with Crippen LogP contribution in [0.3, 0.4) is 0 Å². The Hall–Kier alpha value is -1.65. The standard InChI is InChI=1S/C17H20N2OS/c1-3-10-18-14(15-9-8-12(2)20-15)11-17-19-13-6-4-5-7-16(13)21-17/h4-9,14,18H,3,10-11H2,1-2H3. The maximum Gasteiger partial charge on any atom is 0.121 e. The molecule has 1 atom stereocenters. The van der Waals surface area contributed by atoms with Gasteiger partial charge in [-0.15, -0.1) is 11.3 Å². The van der Waals surface area contributed by atoms with E-state index in [1.54, 1.807) is 11.3 Å². The minimum Gasteiger partial charge on any atom is -0.465 e. The smallest absolute Gasteiger partial charge is 0.121 e. The lowest BCUT2D eigenvalue weighted by Crippen LogP contribution is -2.23. The van der Waals surface area contributed by atoms with E-state index in [2.05, 4.69) is 36.5 Å². The molecule has 0 saturated carbocycles. The largest absolute Gasteiger partial charge is 0.465 e. The summed E-state index contributed by atoms with van der Waals surface area (Å²) in [5, 5.41) is 4.72. The molecule has 0 fully saturated rings. The minimum absolute atomic E-state index is 0.194. The van der Waals surface area contributed by atoms with E-state index in [1.165, 1.54) is 4.70 Å². The normalized spacial score (nSPS) is 12.9. The van der Waals surface area contributed by atoms with Gasteiger partial charge in [0.2, 0.25) is 0 Å². The first kappa shape index (κ1) is 14.3. The molecule has 1 aromatic carbocycles. The molecule has 110 valence electrons. The van der Waals surface area contributed by atoms with Crippen molar-refractivity contribution in [3.8, 4) is 0 Å². The van der Waals surface area contributed by atoms with Crippen molar-refractivity contribution in [1.29, 1.82) is 0 Å². The number of rotatable bonds is 6. The summed E-state index contributed by atoms with van der Waals surface area (Å²) < 4.78 is 7.05.